The number of nitrogens with two attached hydrogens (primary N) is 1. The maximum absolute atomic E-state index is 11.8. The lowest BCUT2D eigenvalue weighted by Gasteiger charge is -2.02. The summed E-state index contributed by atoms with van der Waals surface area (Å²) in [6.07, 6.45) is 1.56. The summed E-state index contributed by atoms with van der Waals surface area (Å²) in [5.74, 6) is 0. The quantitative estimate of drug-likeness (QED) is 0.615. The summed E-state index contributed by atoms with van der Waals surface area (Å²) in [6, 6.07) is 2.87. The van der Waals surface area contributed by atoms with E-state index >= 15 is 0 Å². The van der Waals surface area contributed by atoms with Crippen LogP contribution in [0, 0.1) is 0 Å². The van der Waals surface area contributed by atoms with Gasteiger partial charge in [0.2, 0.25) is 11.8 Å². The Labute approximate surface area is 94.8 Å². The van der Waals surface area contributed by atoms with Gasteiger partial charge in [-0.2, -0.15) is 0 Å². The maximum Gasteiger partial charge on any atom is 0.216 e. The lowest BCUT2D eigenvalue weighted by atomic mass is 10.2. The van der Waals surface area contributed by atoms with Crippen molar-refractivity contribution in [3.05, 3.63) is 33.6 Å². The van der Waals surface area contributed by atoms with E-state index in [0.29, 0.717) is 17.7 Å². The van der Waals surface area contributed by atoms with Crippen molar-refractivity contribution >= 4 is 40.4 Å². The highest BCUT2D eigenvalue weighted by Crippen LogP contribution is 2.24. The lowest BCUT2D eigenvalue weighted by molar-refractivity contribution is -0.105. The molecule has 0 aliphatic rings. The number of carbonyl (C=O) groups excluding carboxylic acids is 1. The van der Waals surface area contributed by atoms with Crippen molar-refractivity contribution in [3.8, 4) is 0 Å². The Morgan fingerprint density at radius 3 is 2.88 bits per heavy atom. The summed E-state index contributed by atoms with van der Waals surface area (Å²) in [5, 5.41) is 2.78. The standard InChI is InChI=1S/C10H7ClN2O3/c11-6-1-5-9(2-7(6)12)16-3-8(10(5)15)13-4-14/h1-4H,12H2,(H,13,14). The number of amides is 1. The van der Waals surface area contributed by atoms with Crippen LogP contribution in [0.1, 0.15) is 0 Å². The van der Waals surface area contributed by atoms with Crippen LogP contribution in [0.25, 0.3) is 11.0 Å². The third kappa shape index (κ3) is 1.61. The lowest BCUT2D eigenvalue weighted by Crippen LogP contribution is -2.09. The largest absolute Gasteiger partial charge is 0.462 e. The van der Waals surface area contributed by atoms with Gasteiger partial charge in [-0.05, 0) is 6.07 Å². The highest BCUT2D eigenvalue weighted by atomic mass is 35.5. The third-order valence-corrected chi connectivity index (χ3v) is 2.43. The number of hydrogen-bond donors (Lipinski definition) is 2. The zero-order valence-electron chi connectivity index (χ0n) is 7.99. The molecule has 0 saturated heterocycles. The molecule has 5 nitrogen and oxygen atoms in total. The van der Waals surface area contributed by atoms with Gasteiger partial charge in [-0.1, -0.05) is 11.6 Å². The predicted octanol–water partition coefficient (Wildman–Crippen LogP) is 1.60. The zero-order valence-corrected chi connectivity index (χ0v) is 8.75. The first-order valence-corrected chi connectivity index (χ1v) is 4.72. The molecule has 3 N–H and O–H groups in total. The van der Waals surface area contributed by atoms with Gasteiger partial charge in [0, 0.05) is 6.07 Å². The maximum atomic E-state index is 11.8. The highest BCUT2D eigenvalue weighted by molar-refractivity contribution is 6.33. The molecular weight excluding hydrogens is 232 g/mol. The SMILES string of the molecule is Nc1cc2occ(NC=O)c(=O)c2cc1Cl. The number of carbonyl (C=O) groups is 1. The average molecular weight is 239 g/mol. The molecule has 0 radical (unpaired) electrons. The van der Waals surface area contributed by atoms with Crippen LogP contribution < -0.4 is 16.5 Å². The third-order valence-electron chi connectivity index (χ3n) is 2.11. The number of hydrogen-bond acceptors (Lipinski definition) is 4. The Bertz CT molecular complexity index is 621. The van der Waals surface area contributed by atoms with Crippen LogP contribution in [0.15, 0.2) is 27.6 Å². The molecular formula is C10H7ClN2O3. The molecule has 0 atom stereocenters. The second kappa shape index (κ2) is 3.86. The summed E-state index contributed by atoms with van der Waals surface area (Å²) in [6.45, 7) is 0. The van der Waals surface area contributed by atoms with Crippen LogP contribution in [0.2, 0.25) is 5.02 Å². The van der Waals surface area contributed by atoms with E-state index in [1.807, 2.05) is 0 Å². The minimum atomic E-state index is -0.366. The molecule has 1 aromatic heterocycles. The first-order chi connectivity index (χ1) is 7.63. The number of fused-ring (bicyclic) bond motifs is 1. The van der Waals surface area contributed by atoms with Crippen molar-refractivity contribution < 1.29 is 9.21 Å². The molecule has 1 heterocycles. The Kier molecular flexibility index (Phi) is 2.54. The number of anilines is 2. The van der Waals surface area contributed by atoms with Crippen molar-refractivity contribution in [1.29, 1.82) is 0 Å². The minimum Gasteiger partial charge on any atom is -0.462 e. The van der Waals surface area contributed by atoms with Gasteiger partial charge in [-0.3, -0.25) is 9.59 Å². The molecule has 2 rings (SSSR count). The molecule has 6 heteroatoms. The highest BCUT2D eigenvalue weighted by Gasteiger charge is 2.08. The van der Waals surface area contributed by atoms with Crippen molar-refractivity contribution in [1.82, 2.24) is 0 Å². The van der Waals surface area contributed by atoms with Gasteiger partial charge in [0.15, 0.2) is 0 Å². The Morgan fingerprint density at radius 2 is 2.19 bits per heavy atom. The van der Waals surface area contributed by atoms with Crippen molar-refractivity contribution in [2.45, 2.75) is 0 Å². The van der Waals surface area contributed by atoms with E-state index in [0.717, 1.165) is 6.26 Å². The summed E-state index contributed by atoms with van der Waals surface area (Å²) >= 11 is 5.79. The fraction of sp³-hybridized carbons (Fsp3) is 0. The molecule has 2 aromatic rings. The molecule has 0 bridgehead atoms. The van der Waals surface area contributed by atoms with Crippen molar-refractivity contribution in [3.63, 3.8) is 0 Å². The van der Waals surface area contributed by atoms with Crippen LogP contribution in [-0.2, 0) is 4.79 Å². The monoisotopic (exact) mass is 238 g/mol. The molecule has 1 amide bonds. The van der Waals surface area contributed by atoms with E-state index in [4.69, 9.17) is 21.8 Å². The van der Waals surface area contributed by atoms with Gasteiger partial charge in [0.1, 0.15) is 17.5 Å². The number of halogens is 1. The fourth-order valence-corrected chi connectivity index (χ4v) is 1.49. The Balaban J connectivity index is 2.79. The topological polar surface area (TPSA) is 85.3 Å². The normalized spacial score (nSPS) is 10.3. The van der Waals surface area contributed by atoms with Gasteiger partial charge in [-0.15, -0.1) is 0 Å². The van der Waals surface area contributed by atoms with Gasteiger partial charge in [0.05, 0.1) is 16.1 Å². The second-order valence-electron chi connectivity index (χ2n) is 3.11. The van der Waals surface area contributed by atoms with Crippen LogP contribution in [-0.4, -0.2) is 6.41 Å². The average Bonchev–Trinajstić information content (AvgIpc) is 2.26. The smallest absolute Gasteiger partial charge is 0.216 e. The molecule has 0 saturated carbocycles. The summed E-state index contributed by atoms with van der Waals surface area (Å²) in [5.41, 5.74) is 5.91. The van der Waals surface area contributed by atoms with E-state index in [9.17, 15) is 9.59 Å². The van der Waals surface area contributed by atoms with E-state index in [-0.39, 0.29) is 21.5 Å². The molecule has 16 heavy (non-hydrogen) atoms. The number of nitrogens with one attached hydrogen (secondary N) is 1. The Morgan fingerprint density at radius 1 is 1.44 bits per heavy atom. The van der Waals surface area contributed by atoms with Crippen LogP contribution in [0.3, 0.4) is 0 Å². The van der Waals surface area contributed by atoms with Crippen molar-refractivity contribution in [2.75, 3.05) is 11.1 Å². The number of rotatable bonds is 2. The van der Waals surface area contributed by atoms with Gasteiger partial charge in [0.25, 0.3) is 0 Å². The Hall–Kier alpha value is -2.01. The predicted molar refractivity (Wildman–Crippen MR) is 61.6 cm³/mol. The molecule has 0 aliphatic heterocycles. The van der Waals surface area contributed by atoms with E-state index in [2.05, 4.69) is 5.32 Å². The first-order valence-electron chi connectivity index (χ1n) is 4.34. The summed E-state index contributed by atoms with van der Waals surface area (Å²) in [7, 11) is 0. The molecule has 0 spiro atoms. The van der Waals surface area contributed by atoms with Gasteiger partial charge in [-0.25, -0.2) is 0 Å². The van der Waals surface area contributed by atoms with E-state index in [1.54, 1.807) is 0 Å². The van der Waals surface area contributed by atoms with E-state index in [1.165, 1.54) is 12.1 Å². The van der Waals surface area contributed by atoms with Gasteiger partial charge < -0.3 is 15.5 Å². The fourth-order valence-electron chi connectivity index (χ4n) is 1.33. The second-order valence-corrected chi connectivity index (χ2v) is 3.52. The summed E-state index contributed by atoms with van der Waals surface area (Å²) < 4.78 is 5.15. The number of nitrogen functional groups attached to an aromatic ring is 1. The molecule has 0 unspecified atom stereocenters. The number of benzene rings is 1. The van der Waals surface area contributed by atoms with Crippen LogP contribution in [0.5, 0.6) is 0 Å². The minimum absolute atomic E-state index is 0.0586. The first kappa shape index (κ1) is 10.5. The zero-order chi connectivity index (χ0) is 11.7. The molecule has 0 fully saturated rings. The van der Waals surface area contributed by atoms with Crippen molar-refractivity contribution in [2.24, 2.45) is 0 Å². The van der Waals surface area contributed by atoms with Crippen LogP contribution in [0.4, 0.5) is 11.4 Å². The van der Waals surface area contributed by atoms with Gasteiger partial charge >= 0.3 is 0 Å². The molecule has 0 aliphatic carbocycles. The summed E-state index contributed by atoms with van der Waals surface area (Å²) in [4.78, 5) is 22.0. The van der Waals surface area contributed by atoms with E-state index < -0.39 is 0 Å². The van der Waals surface area contributed by atoms with Crippen LogP contribution >= 0.6 is 11.6 Å². The molecule has 1 aromatic carbocycles. The molecule has 82 valence electrons.